The highest BCUT2D eigenvalue weighted by Crippen LogP contribution is 2.40. The van der Waals surface area contributed by atoms with Gasteiger partial charge in [-0.1, -0.05) is 32.4 Å². The molecule has 144 valence electrons. The average Bonchev–Trinajstić information content (AvgIpc) is 2.60. The number of piperidine rings is 1. The molecule has 3 aliphatic rings. The van der Waals surface area contributed by atoms with E-state index >= 15 is 4.39 Å². The lowest BCUT2D eigenvalue weighted by Crippen LogP contribution is -2.69. The van der Waals surface area contributed by atoms with Crippen LogP contribution in [0.25, 0.3) is 0 Å². The molecule has 3 aliphatic heterocycles. The van der Waals surface area contributed by atoms with Crippen LogP contribution in [0.3, 0.4) is 0 Å². The number of hydrogen-bond acceptors (Lipinski definition) is 6. The van der Waals surface area contributed by atoms with Gasteiger partial charge in [-0.3, -0.25) is 4.79 Å². The van der Waals surface area contributed by atoms with E-state index in [-0.39, 0.29) is 28.5 Å². The van der Waals surface area contributed by atoms with Crippen LogP contribution in [-0.2, 0) is 12.5 Å². The number of halogens is 2. The fourth-order valence-electron chi connectivity index (χ4n) is 3.94. The maximum Gasteiger partial charge on any atom is 0.287 e. The van der Waals surface area contributed by atoms with Crippen LogP contribution in [-0.4, -0.2) is 44.9 Å². The Morgan fingerprint density at radius 2 is 1.89 bits per heavy atom. The van der Waals surface area contributed by atoms with Crippen molar-refractivity contribution in [1.29, 1.82) is 0 Å². The highest BCUT2D eigenvalue weighted by Gasteiger charge is 2.47. The molecular weight excluding hydrogens is 371 g/mol. The zero-order valence-corrected chi connectivity index (χ0v) is 16.5. The van der Waals surface area contributed by atoms with Crippen molar-refractivity contribution in [2.24, 2.45) is 7.05 Å². The summed E-state index contributed by atoms with van der Waals surface area (Å²) < 4.78 is 16.3. The minimum absolute atomic E-state index is 0.112. The van der Waals surface area contributed by atoms with Crippen LogP contribution in [0.4, 0.5) is 15.9 Å². The van der Waals surface area contributed by atoms with Crippen molar-refractivity contribution in [2.75, 3.05) is 22.9 Å². The van der Waals surface area contributed by atoms with Crippen molar-refractivity contribution in [3.05, 3.63) is 39.4 Å². The topological polar surface area (TPSA) is 67.2 Å². The molecule has 5 rings (SSSR count). The maximum atomic E-state index is 15.1. The molecular formula is C18H22ClFN6O. The van der Waals surface area contributed by atoms with Crippen molar-refractivity contribution in [3.8, 4) is 0 Å². The monoisotopic (exact) mass is 392 g/mol. The van der Waals surface area contributed by atoms with Gasteiger partial charge < -0.3 is 9.80 Å². The number of nitrogens with zero attached hydrogens (tertiary/aromatic N) is 6. The van der Waals surface area contributed by atoms with Crippen molar-refractivity contribution in [3.63, 3.8) is 0 Å². The second-order valence-electron chi connectivity index (χ2n) is 8.24. The van der Waals surface area contributed by atoms with Gasteiger partial charge in [0.25, 0.3) is 5.56 Å². The van der Waals surface area contributed by atoms with Crippen molar-refractivity contribution in [1.82, 2.24) is 19.7 Å². The van der Waals surface area contributed by atoms with Crippen LogP contribution in [0.2, 0.25) is 5.02 Å². The van der Waals surface area contributed by atoms with Crippen LogP contribution in [0, 0.1) is 5.82 Å². The van der Waals surface area contributed by atoms with Crippen LogP contribution in [0.1, 0.15) is 32.9 Å². The first-order valence-electron chi connectivity index (χ1n) is 8.94. The normalized spacial score (nSPS) is 22.0. The largest absolute Gasteiger partial charge is 0.365 e. The number of aryl methyl sites for hydroxylation is 1. The third-order valence-electron chi connectivity index (χ3n) is 5.32. The minimum Gasteiger partial charge on any atom is -0.365 e. The van der Waals surface area contributed by atoms with Gasteiger partial charge in [-0.15, -0.1) is 0 Å². The number of rotatable bonds is 2. The lowest BCUT2D eigenvalue weighted by atomic mass is 9.86. The van der Waals surface area contributed by atoms with Gasteiger partial charge in [0.15, 0.2) is 11.6 Å². The Bertz CT molecular complexity index is 944. The summed E-state index contributed by atoms with van der Waals surface area (Å²) in [5.41, 5.74) is 0.347. The van der Waals surface area contributed by atoms with Gasteiger partial charge in [-0.25, -0.2) is 19.0 Å². The first kappa shape index (κ1) is 18.2. The summed E-state index contributed by atoms with van der Waals surface area (Å²) >= 11 is 6.23. The molecule has 2 atom stereocenters. The van der Waals surface area contributed by atoms with Crippen molar-refractivity contribution in [2.45, 2.75) is 44.7 Å². The number of anilines is 2. The Balaban J connectivity index is 1.61. The minimum atomic E-state index is -0.392. The molecule has 2 aromatic rings. The number of fused-ring (bicyclic) bond motifs is 2. The Hall–Kier alpha value is -2.22. The van der Waals surface area contributed by atoms with Gasteiger partial charge in [-0.2, -0.15) is 5.10 Å². The van der Waals surface area contributed by atoms with Crippen LogP contribution in [0.5, 0.6) is 0 Å². The number of piperazine rings is 1. The zero-order chi connectivity index (χ0) is 19.5. The van der Waals surface area contributed by atoms with E-state index in [1.54, 1.807) is 13.2 Å². The molecule has 0 aliphatic carbocycles. The molecule has 2 aromatic heterocycles. The van der Waals surface area contributed by atoms with E-state index < -0.39 is 5.41 Å². The first-order valence-corrected chi connectivity index (χ1v) is 9.32. The number of aromatic nitrogens is 4. The van der Waals surface area contributed by atoms with Gasteiger partial charge >= 0.3 is 0 Å². The molecule has 27 heavy (non-hydrogen) atoms. The third-order valence-corrected chi connectivity index (χ3v) is 5.68. The Labute approximate surface area is 161 Å². The summed E-state index contributed by atoms with van der Waals surface area (Å²) in [6, 6.07) is 0.224. The summed E-state index contributed by atoms with van der Waals surface area (Å²) in [5, 5.41) is 4.24. The van der Waals surface area contributed by atoms with E-state index in [4.69, 9.17) is 11.6 Å². The standard InChI is InChI=1S/C18H22ClFN6O/c1-18(2,3)15-14(20)16(22-9-21-15)26-10-5-11(26)8-25(7-10)12-6-23-24(4)17(27)13(12)19/h6,9-11H,5,7-8H2,1-4H3. The predicted octanol–water partition coefficient (Wildman–Crippen LogP) is 2.13. The summed E-state index contributed by atoms with van der Waals surface area (Å²) in [6.07, 6.45) is 4.01. The molecule has 9 heteroatoms. The Morgan fingerprint density at radius 3 is 2.52 bits per heavy atom. The van der Waals surface area contributed by atoms with Crippen molar-refractivity contribution >= 4 is 23.1 Å². The summed E-state index contributed by atoms with van der Waals surface area (Å²) in [6.45, 7) is 7.09. The highest BCUT2D eigenvalue weighted by atomic mass is 35.5. The second-order valence-corrected chi connectivity index (χ2v) is 8.62. The van der Waals surface area contributed by atoms with Gasteiger partial charge in [0.2, 0.25) is 0 Å². The quantitative estimate of drug-likeness (QED) is 0.780. The molecule has 3 saturated heterocycles. The Kier molecular flexibility index (Phi) is 4.14. The van der Waals surface area contributed by atoms with E-state index in [2.05, 4.69) is 20.0 Å². The third kappa shape index (κ3) is 2.86. The summed E-state index contributed by atoms with van der Waals surface area (Å²) in [4.78, 5) is 24.5. The fourth-order valence-corrected chi connectivity index (χ4v) is 4.23. The lowest BCUT2D eigenvalue weighted by molar-refractivity contribution is 0.283. The molecule has 2 bridgehead atoms. The van der Waals surface area contributed by atoms with Gasteiger partial charge in [0.1, 0.15) is 11.3 Å². The van der Waals surface area contributed by atoms with Crippen LogP contribution < -0.4 is 15.4 Å². The summed E-state index contributed by atoms with van der Waals surface area (Å²) in [5.74, 6) is 0.0189. The average molecular weight is 393 g/mol. The van der Waals surface area contributed by atoms with E-state index in [1.165, 1.54) is 11.0 Å². The van der Waals surface area contributed by atoms with Gasteiger partial charge in [0.05, 0.1) is 29.7 Å². The van der Waals surface area contributed by atoms with E-state index in [1.807, 2.05) is 25.7 Å². The second kappa shape index (κ2) is 6.15. The molecule has 0 N–H and O–H groups in total. The van der Waals surface area contributed by atoms with E-state index in [0.29, 0.717) is 30.3 Å². The molecule has 3 fully saturated rings. The molecule has 0 aromatic carbocycles. The summed E-state index contributed by atoms with van der Waals surface area (Å²) in [7, 11) is 1.57. The molecule has 0 radical (unpaired) electrons. The smallest absolute Gasteiger partial charge is 0.287 e. The first-order chi connectivity index (χ1) is 12.7. The van der Waals surface area contributed by atoms with Crippen LogP contribution >= 0.6 is 11.6 Å². The van der Waals surface area contributed by atoms with Gasteiger partial charge in [-0.05, 0) is 6.42 Å². The molecule has 0 amide bonds. The van der Waals surface area contributed by atoms with Crippen LogP contribution in [0.15, 0.2) is 17.3 Å². The maximum absolute atomic E-state index is 15.1. The van der Waals surface area contributed by atoms with E-state index in [9.17, 15) is 4.79 Å². The molecule has 5 heterocycles. The number of hydrogen-bond donors (Lipinski definition) is 0. The molecule has 0 spiro atoms. The molecule has 0 saturated carbocycles. The van der Waals surface area contributed by atoms with Gasteiger partial charge in [0, 0.05) is 25.6 Å². The van der Waals surface area contributed by atoms with Crippen molar-refractivity contribution < 1.29 is 4.39 Å². The van der Waals surface area contributed by atoms with E-state index in [0.717, 1.165) is 6.42 Å². The zero-order valence-electron chi connectivity index (χ0n) is 15.8. The highest BCUT2D eigenvalue weighted by molar-refractivity contribution is 6.33. The lowest BCUT2D eigenvalue weighted by Gasteiger charge is -2.57. The SMILES string of the molecule is Cn1ncc(N2CC3CC(C2)N3c2ncnc(C(C)(C)C)c2F)c(Cl)c1=O. The Morgan fingerprint density at radius 1 is 1.22 bits per heavy atom. The molecule has 7 nitrogen and oxygen atoms in total. The molecule has 2 unspecified atom stereocenters. The fraction of sp³-hybridized carbons (Fsp3) is 0.556. The predicted molar refractivity (Wildman–Crippen MR) is 102 cm³/mol.